The molecule has 0 heterocycles. The molecule has 16 heavy (non-hydrogen) atoms. The highest BCUT2D eigenvalue weighted by Gasteiger charge is 2.11. The quantitative estimate of drug-likeness (QED) is 0.790. The van der Waals surface area contributed by atoms with Gasteiger partial charge in [0.2, 0.25) is 5.91 Å². The second-order valence-corrected chi connectivity index (χ2v) is 3.71. The maximum atomic E-state index is 11.9. The molecule has 1 amide bonds. The number of hydrogen-bond acceptors (Lipinski definition) is 2. The summed E-state index contributed by atoms with van der Waals surface area (Å²) in [7, 11) is 0. The van der Waals surface area contributed by atoms with E-state index in [-0.39, 0.29) is 12.5 Å². The molecule has 0 saturated carbocycles. The van der Waals surface area contributed by atoms with Gasteiger partial charge in [-0.05, 0) is 18.9 Å². The summed E-state index contributed by atoms with van der Waals surface area (Å²) >= 11 is 0. The maximum absolute atomic E-state index is 11.9. The summed E-state index contributed by atoms with van der Waals surface area (Å²) in [6.07, 6.45) is 1.09. The van der Waals surface area contributed by atoms with Crippen molar-refractivity contribution < 1.29 is 9.90 Å². The molecule has 3 nitrogen and oxygen atoms in total. The summed E-state index contributed by atoms with van der Waals surface area (Å²) in [6, 6.07) is 9.73. The van der Waals surface area contributed by atoms with Crippen molar-refractivity contribution in [2.24, 2.45) is 0 Å². The number of amides is 1. The Balaban J connectivity index is 2.49. The molecule has 1 N–H and O–H groups in total. The van der Waals surface area contributed by atoms with E-state index in [9.17, 15) is 4.79 Å². The Kier molecular flexibility index (Phi) is 5.57. The highest BCUT2D eigenvalue weighted by atomic mass is 16.3. The van der Waals surface area contributed by atoms with E-state index in [0.29, 0.717) is 25.9 Å². The topological polar surface area (TPSA) is 40.5 Å². The van der Waals surface area contributed by atoms with Crippen LogP contribution in [0.3, 0.4) is 0 Å². The molecule has 0 atom stereocenters. The highest BCUT2D eigenvalue weighted by molar-refractivity contribution is 5.78. The van der Waals surface area contributed by atoms with Crippen molar-refractivity contribution in [1.82, 2.24) is 4.90 Å². The van der Waals surface area contributed by atoms with Crippen LogP contribution >= 0.6 is 0 Å². The number of carbonyl (C=O) groups excluding carboxylic acids is 1. The Bertz CT molecular complexity index is 311. The van der Waals surface area contributed by atoms with Crippen LogP contribution in [0.1, 0.15) is 18.9 Å². The molecule has 0 spiro atoms. The first kappa shape index (κ1) is 12.7. The van der Waals surface area contributed by atoms with Gasteiger partial charge in [0, 0.05) is 19.7 Å². The van der Waals surface area contributed by atoms with Crippen LogP contribution in [0.5, 0.6) is 0 Å². The zero-order valence-corrected chi connectivity index (χ0v) is 9.72. The number of aliphatic hydroxyl groups is 1. The van der Waals surface area contributed by atoms with Crippen LogP contribution in [-0.2, 0) is 11.2 Å². The van der Waals surface area contributed by atoms with Crippen LogP contribution in [-0.4, -0.2) is 35.6 Å². The van der Waals surface area contributed by atoms with Gasteiger partial charge in [0.15, 0.2) is 0 Å². The molecule has 0 radical (unpaired) electrons. The molecule has 0 aliphatic rings. The molecular weight excluding hydrogens is 202 g/mol. The number of likely N-dealkylation sites (N-methyl/N-ethyl adjacent to an activating group) is 1. The maximum Gasteiger partial charge on any atom is 0.226 e. The van der Waals surface area contributed by atoms with E-state index in [1.807, 2.05) is 37.3 Å². The minimum atomic E-state index is 0.127. The van der Waals surface area contributed by atoms with Gasteiger partial charge in [0.25, 0.3) is 0 Å². The predicted molar refractivity (Wildman–Crippen MR) is 64.1 cm³/mol. The molecule has 1 aromatic carbocycles. The zero-order chi connectivity index (χ0) is 11.8. The fourth-order valence-electron chi connectivity index (χ4n) is 1.60. The average Bonchev–Trinajstić information content (AvgIpc) is 2.31. The largest absolute Gasteiger partial charge is 0.396 e. The van der Waals surface area contributed by atoms with Gasteiger partial charge in [-0.1, -0.05) is 30.3 Å². The van der Waals surface area contributed by atoms with E-state index in [1.165, 1.54) is 0 Å². The van der Waals surface area contributed by atoms with Crippen molar-refractivity contribution in [3.05, 3.63) is 35.9 Å². The SMILES string of the molecule is CCN(CCCO)C(=O)Cc1ccccc1. The summed E-state index contributed by atoms with van der Waals surface area (Å²) in [6.45, 7) is 3.43. The third kappa shape index (κ3) is 4.03. The Morgan fingerprint density at radius 1 is 1.31 bits per heavy atom. The van der Waals surface area contributed by atoms with E-state index in [2.05, 4.69) is 0 Å². The van der Waals surface area contributed by atoms with Gasteiger partial charge in [-0.25, -0.2) is 0 Å². The van der Waals surface area contributed by atoms with Crippen molar-refractivity contribution in [3.63, 3.8) is 0 Å². The molecule has 0 bridgehead atoms. The molecule has 0 unspecified atom stereocenters. The first-order valence-corrected chi connectivity index (χ1v) is 5.70. The molecule has 1 rings (SSSR count). The average molecular weight is 221 g/mol. The summed E-state index contributed by atoms with van der Waals surface area (Å²) in [5.74, 6) is 0.127. The van der Waals surface area contributed by atoms with Gasteiger partial charge in [-0.15, -0.1) is 0 Å². The van der Waals surface area contributed by atoms with Crippen LogP contribution in [0.4, 0.5) is 0 Å². The molecule has 0 saturated heterocycles. The fourth-order valence-corrected chi connectivity index (χ4v) is 1.60. The Hall–Kier alpha value is -1.35. The van der Waals surface area contributed by atoms with E-state index >= 15 is 0 Å². The van der Waals surface area contributed by atoms with Crippen molar-refractivity contribution in [2.45, 2.75) is 19.8 Å². The van der Waals surface area contributed by atoms with Gasteiger partial charge in [0.05, 0.1) is 6.42 Å². The monoisotopic (exact) mass is 221 g/mol. The van der Waals surface area contributed by atoms with Gasteiger partial charge < -0.3 is 10.0 Å². The summed E-state index contributed by atoms with van der Waals surface area (Å²) < 4.78 is 0. The first-order valence-electron chi connectivity index (χ1n) is 5.70. The minimum absolute atomic E-state index is 0.127. The van der Waals surface area contributed by atoms with E-state index < -0.39 is 0 Å². The highest BCUT2D eigenvalue weighted by Crippen LogP contribution is 2.03. The van der Waals surface area contributed by atoms with Gasteiger partial charge in [-0.2, -0.15) is 0 Å². The third-order valence-corrected chi connectivity index (χ3v) is 2.52. The van der Waals surface area contributed by atoms with Crippen LogP contribution in [0, 0.1) is 0 Å². The standard InChI is InChI=1S/C13H19NO2/c1-2-14(9-6-10-15)13(16)11-12-7-4-3-5-8-12/h3-5,7-8,15H,2,6,9-11H2,1H3. The lowest BCUT2D eigenvalue weighted by molar-refractivity contribution is -0.130. The summed E-state index contributed by atoms with van der Waals surface area (Å²) in [5.41, 5.74) is 1.04. The Morgan fingerprint density at radius 2 is 2.00 bits per heavy atom. The van der Waals surface area contributed by atoms with Crippen LogP contribution in [0.2, 0.25) is 0 Å². The molecule has 88 valence electrons. The fraction of sp³-hybridized carbons (Fsp3) is 0.462. The lowest BCUT2D eigenvalue weighted by atomic mass is 10.1. The predicted octanol–water partition coefficient (Wildman–Crippen LogP) is 1.46. The third-order valence-electron chi connectivity index (χ3n) is 2.52. The lowest BCUT2D eigenvalue weighted by Crippen LogP contribution is -2.33. The second-order valence-electron chi connectivity index (χ2n) is 3.71. The van der Waals surface area contributed by atoms with E-state index in [0.717, 1.165) is 5.56 Å². The van der Waals surface area contributed by atoms with Gasteiger partial charge in [0.1, 0.15) is 0 Å². The van der Waals surface area contributed by atoms with E-state index in [1.54, 1.807) is 4.90 Å². The number of hydrogen-bond donors (Lipinski definition) is 1. The summed E-state index contributed by atoms with van der Waals surface area (Å²) in [4.78, 5) is 13.7. The molecule has 0 aliphatic heterocycles. The first-order chi connectivity index (χ1) is 7.77. The summed E-state index contributed by atoms with van der Waals surface area (Å²) in [5, 5.41) is 8.74. The number of benzene rings is 1. The number of aliphatic hydroxyl groups excluding tert-OH is 1. The molecule has 0 fully saturated rings. The Morgan fingerprint density at radius 3 is 2.56 bits per heavy atom. The second kappa shape index (κ2) is 7.01. The molecule has 0 aromatic heterocycles. The Labute approximate surface area is 96.7 Å². The number of carbonyl (C=O) groups is 1. The van der Waals surface area contributed by atoms with Gasteiger partial charge in [-0.3, -0.25) is 4.79 Å². The van der Waals surface area contributed by atoms with Crippen molar-refractivity contribution in [3.8, 4) is 0 Å². The molecule has 0 aliphatic carbocycles. The number of rotatable bonds is 6. The van der Waals surface area contributed by atoms with Gasteiger partial charge >= 0.3 is 0 Å². The van der Waals surface area contributed by atoms with E-state index in [4.69, 9.17) is 5.11 Å². The lowest BCUT2D eigenvalue weighted by Gasteiger charge is -2.20. The van der Waals surface area contributed by atoms with Crippen LogP contribution in [0.15, 0.2) is 30.3 Å². The normalized spacial score (nSPS) is 10.1. The van der Waals surface area contributed by atoms with Crippen molar-refractivity contribution >= 4 is 5.91 Å². The van der Waals surface area contributed by atoms with Crippen LogP contribution < -0.4 is 0 Å². The molecular formula is C13H19NO2. The smallest absolute Gasteiger partial charge is 0.226 e. The molecule has 3 heteroatoms. The zero-order valence-electron chi connectivity index (χ0n) is 9.72. The van der Waals surface area contributed by atoms with Crippen molar-refractivity contribution in [1.29, 1.82) is 0 Å². The number of nitrogens with zero attached hydrogens (tertiary/aromatic N) is 1. The minimum Gasteiger partial charge on any atom is -0.396 e. The molecule has 1 aromatic rings. The van der Waals surface area contributed by atoms with Crippen molar-refractivity contribution in [2.75, 3.05) is 19.7 Å². The van der Waals surface area contributed by atoms with Crippen LogP contribution in [0.25, 0.3) is 0 Å².